The van der Waals surface area contributed by atoms with Crippen molar-refractivity contribution in [3.8, 4) is 0 Å². The third-order valence-electron chi connectivity index (χ3n) is 3.57. The predicted octanol–water partition coefficient (Wildman–Crippen LogP) is 2.80. The lowest BCUT2D eigenvalue weighted by atomic mass is 10.0. The summed E-state index contributed by atoms with van der Waals surface area (Å²) < 4.78 is 52.2. The number of anilines is 1. The number of urea groups is 1. The van der Waals surface area contributed by atoms with E-state index in [4.69, 9.17) is 5.73 Å². The Labute approximate surface area is 151 Å². The van der Waals surface area contributed by atoms with Crippen LogP contribution in [-0.4, -0.2) is 23.6 Å². The van der Waals surface area contributed by atoms with Crippen molar-refractivity contribution >= 4 is 17.6 Å². The Morgan fingerprint density at radius 3 is 2.44 bits per heavy atom. The van der Waals surface area contributed by atoms with Crippen LogP contribution in [0, 0.1) is 5.82 Å². The molecule has 3 amide bonds. The first-order valence-corrected chi connectivity index (χ1v) is 7.58. The lowest BCUT2D eigenvalue weighted by Crippen LogP contribution is -2.33. The Morgan fingerprint density at radius 2 is 1.81 bits per heavy atom. The smallest absolute Gasteiger partial charge is 0.387 e. The molecule has 2 aromatic rings. The molecule has 0 bridgehead atoms. The number of halogens is 4. The van der Waals surface area contributed by atoms with Gasteiger partial charge in [-0.15, -0.1) is 0 Å². The Balaban J connectivity index is 2.02. The molecule has 0 saturated carbocycles. The van der Waals surface area contributed by atoms with E-state index >= 15 is 0 Å². The van der Waals surface area contributed by atoms with E-state index in [1.165, 1.54) is 12.1 Å². The number of hydrogen-bond acceptors (Lipinski definition) is 3. The van der Waals surface area contributed by atoms with Crippen LogP contribution in [0.15, 0.2) is 42.5 Å². The van der Waals surface area contributed by atoms with Gasteiger partial charge in [0.25, 0.3) is 5.91 Å². The molecule has 0 fully saturated rings. The first kappa shape index (κ1) is 20.2. The van der Waals surface area contributed by atoms with Crippen molar-refractivity contribution in [1.29, 1.82) is 0 Å². The summed E-state index contributed by atoms with van der Waals surface area (Å²) in [6.45, 7) is -0.511. The quantitative estimate of drug-likeness (QED) is 0.595. The highest BCUT2D eigenvalue weighted by Crippen LogP contribution is 2.34. The number of amides is 3. The highest BCUT2D eigenvalue weighted by atomic mass is 19.4. The number of carbonyl (C=O) groups is 2. The maximum Gasteiger partial charge on any atom is 0.416 e. The zero-order valence-electron chi connectivity index (χ0n) is 13.7. The summed E-state index contributed by atoms with van der Waals surface area (Å²) in [5.74, 6) is -1.90. The molecule has 2 rings (SSSR count). The van der Waals surface area contributed by atoms with Crippen LogP contribution in [-0.2, 0) is 6.18 Å². The number of hydrogen-bond donors (Lipinski definition) is 4. The molecule has 144 valence electrons. The number of aliphatic hydroxyl groups excluding tert-OH is 1. The first-order chi connectivity index (χ1) is 12.6. The molecule has 0 aliphatic rings. The Hall–Kier alpha value is -3.14. The molecule has 0 spiro atoms. The third-order valence-corrected chi connectivity index (χ3v) is 3.57. The van der Waals surface area contributed by atoms with Gasteiger partial charge in [0, 0.05) is 12.2 Å². The Kier molecular flexibility index (Phi) is 6.01. The zero-order chi connectivity index (χ0) is 20.2. The fourth-order valence-electron chi connectivity index (χ4n) is 2.31. The fraction of sp³-hybridized carbons (Fsp3) is 0.176. The van der Waals surface area contributed by atoms with E-state index in [2.05, 4.69) is 10.6 Å². The van der Waals surface area contributed by atoms with Gasteiger partial charge in [-0.2, -0.15) is 13.2 Å². The average Bonchev–Trinajstić information content (AvgIpc) is 2.60. The van der Waals surface area contributed by atoms with Gasteiger partial charge in [0.05, 0.1) is 17.2 Å². The SMILES string of the molecule is NC(=O)c1cc(NC(=O)NC[C@H](O)c2ccccc2C(F)(F)F)ccc1F. The van der Waals surface area contributed by atoms with Crippen LogP contribution < -0.4 is 16.4 Å². The van der Waals surface area contributed by atoms with Gasteiger partial charge in [-0.1, -0.05) is 18.2 Å². The van der Waals surface area contributed by atoms with Crippen LogP contribution in [0.5, 0.6) is 0 Å². The van der Waals surface area contributed by atoms with E-state index < -0.39 is 47.7 Å². The van der Waals surface area contributed by atoms with Crippen LogP contribution in [0.25, 0.3) is 0 Å². The van der Waals surface area contributed by atoms with Crippen LogP contribution in [0.1, 0.15) is 27.6 Å². The van der Waals surface area contributed by atoms with Crippen molar-refractivity contribution in [2.24, 2.45) is 5.73 Å². The lowest BCUT2D eigenvalue weighted by Gasteiger charge is -2.18. The second-order valence-corrected chi connectivity index (χ2v) is 5.49. The molecule has 0 aliphatic carbocycles. The fourth-order valence-corrected chi connectivity index (χ4v) is 2.31. The lowest BCUT2D eigenvalue weighted by molar-refractivity contribution is -0.139. The highest BCUT2D eigenvalue weighted by molar-refractivity contribution is 5.96. The van der Waals surface area contributed by atoms with Crippen LogP contribution in [0.2, 0.25) is 0 Å². The molecule has 0 heterocycles. The molecule has 6 nitrogen and oxygen atoms in total. The summed E-state index contributed by atoms with van der Waals surface area (Å²) in [4.78, 5) is 22.9. The molecular weight excluding hydrogens is 370 g/mol. The average molecular weight is 385 g/mol. The van der Waals surface area contributed by atoms with E-state index in [1.807, 2.05) is 0 Å². The largest absolute Gasteiger partial charge is 0.416 e. The number of carbonyl (C=O) groups excluding carboxylic acids is 2. The van der Waals surface area contributed by atoms with Gasteiger partial charge in [-0.25, -0.2) is 9.18 Å². The Morgan fingerprint density at radius 1 is 1.15 bits per heavy atom. The topological polar surface area (TPSA) is 104 Å². The molecular formula is C17H15F4N3O3. The predicted molar refractivity (Wildman–Crippen MR) is 88.3 cm³/mol. The number of primary amides is 1. The maximum absolute atomic E-state index is 13.4. The van der Waals surface area contributed by atoms with Gasteiger partial charge < -0.3 is 21.5 Å². The number of aliphatic hydroxyl groups is 1. The number of rotatable bonds is 5. The third kappa shape index (κ3) is 5.17. The number of nitrogens with one attached hydrogen (secondary N) is 2. The van der Waals surface area contributed by atoms with E-state index in [0.29, 0.717) is 0 Å². The summed E-state index contributed by atoms with van der Waals surface area (Å²) >= 11 is 0. The van der Waals surface area contributed by atoms with E-state index in [1.54, 1.807) is 0 Å². The van der Waals surface area contributed by atoms with Crippen molar-refractivity contribution in [2.45, 2.75) is 12.3 Å². The van der Waals surface area contributed by atoms with Gasteiger partial charge in [-0.3, -0.25) is 4.79 Å². The van der Waals surface area contributed by atoms with Crippen LogP contribution in [0.3, 0.4) is 0 Å². The summed E-state index contributed by atoms with van der Waals surface area (Å²) in [7, 11) is 0. The van der Waals surface area contributed by atoms with E-state index in [9.17, 15) is 32.3 Å². The van der Waals surface area contributed by atoms with Crippen molar-refractivity contribution < 1.29 is 32.3 Å². The second kappa shape index (κ2) is 8.04. The number of alkyl halides is 3. The second-order valence-electron chi connectivity index (χ2n) is 5.49. The summed E-state index contributed by atoms with van der Waals surface area (Å²) in [6.07, 6.45) is -6.26. The van der Waals surface area contributed by atoms with Gasteiger partial charge in [0.15, 0.2) is 0 Å². The molecule has 10 heteroatoms. The van der Waals surface area contributed by atoms with Crippen molar-refractivity contribution in [2.75, 3.05) is 11.9 Å². The summed E-state index contributed by atoms with van der Waals surface area (Å²) in [5.41, 5.74) is 3.20. The molecule has 0 aromatic heterocycles. The van der Waals surface area contributed by atoms with E-state index in [0.717, 1.165) is 30.3 Å². The van der Waals surface area contributed by atoms with Crippen molar-refractivity contribution in [1.82, 2.24) is 5.32 Å². The summed E-state index contributed by atoms with van der Waals surface area (Å²) in [6, 6.07) is 6.66. The van der Waals surface area contributed by atoms with Crippen molar-refractivity contribution in [3.05, 3.63) is 65.0 Å². The van der Waals surface area contributed by atoms with Gasteiger partial charge in [0.1, 0.15) is 5.82 Å². The molecule has 5 N–H and O–H groups in total. The minimum atomic E-state index is -4.65. The zero-order valence-corrected chi connectivity index (χ0v) is 13.7. The van der Waals surface area contributed by atoms with Crippen LogP contribution >= 0.6 is 0 Å². The highest BCUT2D eigenvalue weighted by Gasteiger charge is 2.34. The Bertz CT molecular complexity index is 856. The van der Waals surface area contributed by atoms with Gasteiger partial charge >= 0.3 is 12.2 Å². The molecule has 27 heavy (non-hydrogen) atoms. The standard InChI is InChI=1S/C17H15F4N3O3/c18-13-6-5-9(7-11(13)15(22)26)24-16(27)23-8-14(25)10-3-1-2-4-12(10)17(19,20)21/h1-7,14,25H,8H2,(H2,22,26)(H2,23,24,27)/t14-/m0/s1. The molecule has 0 saturated heterocycles. The number of nitrogens with two attached hydrogens (primary N) is 1. The first-order valence-electron chi connectivity index (χ1n) is 7.58. The normalized spacial score (nSPS) is 12.3. The number of benzene rings is 2. The molecule has 1 atom stereocenters. The van der Waals surface area contributed by atoms with Gasteiger partial charge in [0.2, 0.25) is 0 Å². The minimum absolute atomic E-state index is 0.0351. The van der Waals surface area contributed by atoms with Crippen LogP contribution in [0.4, 0.5) is 28.0 Å². The van der Waals surface area contributed by atoms with Crippen molar-refractivity contribution in [3.63, 3.8) is 0 Å². The monoisotopic (exact) mass is 385 g/mol. The minimum Gasteiger partial charge on any atom is -0.387 e. The maximum atomic E-state index is 13.4. The molecule has 0 aliphatic heterocycles. The van der Waals surface area contributed by atoms with E-state index in [-0.39, 0.29) is 11.3 Å². The molecule has 0 unspecified atom stereocenters. The summed E-state index contributed by atoms with van der Waals surface area (Å²) in [5, 5.41) is 14.4. The van der Waals surface area contributed by atoms with Gasteiger partial charge in [-0.05, 0) is 29.8 Å². The molecule has 2 aromatic carbocycles. The molecule has 0 radical (unpaired) electrons.